The van der Waals surface area contributed by atoms with Gasteiger partial charge in [0.1, 0.15) is 0 Å². The number of anilines is 2. The summed E-state index contributed by atoms with van der Waals surface area (Å²) in [5, 5.41) is 5.46. The molecule has 0 spiro atoms. The first-order valence-corrected chi connectivity index (χ1v) is 11.6. The van der Waals surface area contributed by atoms with E-state index in [1.807, 2.05) is 32.0 Å². The van der Waals surface area contributed by atoms with E-state index in [1.54, 1.807) is 30.3 Å². The molecule has 1 atom stereocenters. The number of rotatable bonds is 7. The maximum Gasteiger partial charge on any atom is 0.344 e. The summed E-state index contributed by atoms with van der Waals surface area (Å²) in [6, 6.07) is 14.0. The molecule has 2 aromatic carbocycles. The molecule has 1 unspecified atom stereocenters. The van der Waals surface area contributed by atoms with Crippen LogP contribution in [0.4, 0.5) is 11.4 Å². The molecule has 3 amide bonds. The molecule has 2 heterocycles. The van der Waals surface area contributed by atoms with Crippen molar-refractivity contribution in [3.8, 4) is 0 Å². The topological polar surface area (TPSA) is 105 Å². The van der Waals surface area contributed by atoms with Crippen molar-refractivity contribution in [2.45, 2.75) is 36.5 Å². The average Bonchev–Trinajstić information content (AvgIpc) is 3.31. The van der Waals surface area contributed by atoms with E-state index in [9.17, 15) is 19.2 Å². The highest BCUT2D eigenvalue weighted by atomic mass is 32.2. The lowest BCUT2D eigenvalue weighted by Crippen LogP contribution is -2.48. The van der Waals surface area contributed by atoms with E-state index in [1.165, 1.54) is 16.7 Å². The molecule has 0 aliphatic carbocycles. The lowest BCUT2D eigenvalue weighted by atomic mass is 10.1. The van der Waals surface area contributed by atoms with Crippen LogP contribution in [0.3, 0.4) is 0 Å². The molecule has 2 aliphatic heterocycles. The fraction of sp³-hybridized carbons (Fsp3) is 0.333. The number of nitrogens with one attached hydrogen (secondary N) is 2. The van der Waals surface area contributed by atoms with Gasteiger partial charge in [-0.05, 0) is 30.2 Å². The Kier molecular flexibility index (Phi) is 6.42. The molecule has 172 valence electrons. The Hall–Kier alpha value is -3.33. The standard InChI is InChI=1S/C24H25N3O5S/c1-15(2)13-25-22(30)16-7-3-4-8-17(16)26-20(28)14-32-23(31)24-12-11-21(29)27(24)18-9-5-6-10-19(18)33-24/h3-10,15H,11-14H2,1-2H3,(H,25,30)(H,26,28). The fourth-order valence-electron chi connectivity index (χ4n) is 3.88. The summed E-state index contributed by atoms with van der Waals surface area (Å²) in [5.74, 6) is -1.35. The molecule has 0 saturated carbocycles. The minimum Gasteiger partial charge on any atom is -0.453 e. The maximum absolute atomic E-state index is 13.1. The summed E-state index contributed by atoms with van der Waals surface area (Å²) in [6.45, 7) is 3.96. The van der Waals surface area contributed by atoms with E-state index in [-0.39, 0.29) is 24.2 Å². The zero-order valence-corrected chi connectivity index (χ0v) is 19.2. The highest BCUT2D eigenvalue weighted by Crippen LogP contribution is 2.56. The van der Waals surface area contributed by atoms with Crippen LogP contribution in [-0.4, -0.2) is 41.7 Å². The second-order valence-electron chi connectivity index (χ2n) is 8.36. The summed E-state index contributed by atoms with van der Waals surface area (Å²) in [5.41, 5.74) is 1.34. The number of carbonyl (C=O) groups excluding carboxylic acids is 4. The van der Waals surface area contributed by atoms with Crippen LogP contribution in [-0.2, 0) is 19.1 Å². The molecule has 4 rings (SSSR count). The summed E-state index contributed by atoms with van der Waals surface area (Å²) < 4.78 is 5.36. The van der Waals surface area contributed by atoms with Gasteiger partial charge in [-0.3, -0.25) is 19.3 Å². The first-order valence-electron chi connectivity index (χ1n) is 10.8. The predicted molar refractivity (Wildman–Crippen MR) is 125 cm³/mol. The van der Waals surface area contributed by atoms with Gasteiger partial charge in [-0.2, -0.15) is 0 Å². The molecule has 2 aliphatic rings. The second-order valence-corrected chi connectivity index (χ2v) is 9.68. The quantitative estimate of drug-likeness (QED) is 0.606. The maximum atomic E-state index is 13.1. The Morgan fingerprint density at radius 2 is 1.85 bits per heavy atom. The van der Waals surface area contributed by atoms with Gasteiger partial charge in [0.25, 0.3) is 11.8 Å². The number of thioether (sulfide) groups is 1. The molecule has 1 fully saturated rings. The van der Waals surface area contributed by atoms with Crippen LogP contribution in [0, 0.1) is 5.92 Å². The van der Waals surface area contributed by atoms with Crippen molar-refractivity contribution in [2.24, 2.45) is 5.92 Å². The fourth-order valence-corrected chi connectivity index (χ4v) is 5.30. The van der Waals surface area contributed by atoms with Crippen LogP contribution in [0.25, 0.3) is 0 Å². The smallest absolute Gasteiger partial charge is 0.344 e. The lowest BCUT2D eigenvalue weighted by molar-refractivity contribution is -0.149. The Morgan fingerprint density at radius 1 is 1.12 bits per heavy atom. The van der Waals surface area contributed by atoms with Crippen molar-refractivity contribution in [1.82, 2.24) is 5.32 Å². The second kappa shape index (κ2) is 9.27. The molecule has 2 aromatic rings. The van der Waals surface area contributed by atoms with E-state index in [2.05, 4.69) is 10.6 Å². The number of amides is 3. The van der Waals surface area contributed by atoms with Crippen LogP contribution < -0.4 is 15.5 Å². The monoisotopic (exact) mass is 467 g/mol. The van der Waals surface area contributed by atoms with Crippen LogP contribution in [0.1, 0.15) is 37.0 Å². The number of ether oxygens (including phenoxy) is 1. The van der Waals surface area contributed by atoms with Gasteiger partial charge in [0, 0.05) is 24.3 Å². The summed E-state index contributed by atoms with van der Waals surface area (Å²) in [4.78, 5) is 51.7. The molecule has 8 nitrogen and oxygen atoms in total. The van der Waals surface area contributed by atoms with Gasteiger partial charge >= 0.3 is 5.97 Å². The molecule has 2 N–H and O–H groups in total. The number of benzene rings is 2. The zero-order valence-electron chi connectivity index (χ0n) is 18.4. The van der Waals surface area contributed by atoms with Crippen LogP contribution in [0.2, 0.25) is 0 Å². The number of nitrogens with zero attached hydrogens (tertiary/aromatic N) is 1. The van der Waals surface area contributed by atoms with Crippen molar-refractivity contribution in [2.75, 3.05) is 23.4 Å². The van der Waals surface area contributed by atoms with Crippen LogP contribution in [0.5, 0.6) is 0 Å². The van der Waals surface area contributed by atoms with Gasteiger partial charge in [-0.15, -0.1) is 0 Å². The van der Waals surface area contributed by atoms with Crippen LogP contribution in [0.15, 0.2) is 53.4 Å². The lowest BCUT2D eigenvalue weighted by Gasteiger charge is -2.28. The summed E-state index contributed by atoms with van der Waals surface area (Å²) >= 11 is 1.28. The number of hydrogen-bond acceptors (Lipinski definition) is 6. The van der Waals surface area contributed by atoms with Gasteiger partial charge in [-0.1, -0.05) is 49.9 Å². The molecule has 9 heteroatoms. The van der Waals surface area contributed by atoms with Crippen molar-refractivity contribution in [3.05, 3.63) is 54.1 Å². The van der Waals surface area contributed by atoms with E-state index < -0.39 is 23.4 Å². The van der Waals surface area contributed by atoms with E-state index >= 15 is 0 Å². The Bertz CT molecular complexity index is 1120. The Balaban J connectivity index is 1.41. The number of esters is 1. The van der Waals surface area contributed by atoms with Gasteiger partial charge < -0.3 is 15.4 Å². The predicted octanol–water partition coefficient (Wildman–Crippen LogP) is 3.18. The summed E-state index contributed by atoms with van der Waals surface area (Å²) in [6.07, 6.45) is 0.548. The van der Waals surface area contributed by atoms with Crippen molar-refractivity contribution < 1.29 is 23.9 Å². The Morgan fingerprint density at radius 3 is 2.64 bits per heavy atom. The minimum atomic E-state index is -1.18. The number of para-hydroxylation sites is 2. The highest BCUT2D eigenvalue weighted by Gasteiger charge is 2.58. The van der Waals surface area contributed by atoms with E-state index in [4.69, 9.17) is 4.74 Å². The first kappa shape index (κ1) is 22.8. The molecule has 1 saturated heterocycles. The third-order valence-electron chi connectivity index (χ3n) is 5.44. The van der Waals surface area contributed by atoms with Crippen molar-refractivity contribution in [1.29, 1.82) is 0 Å². The number of fused-ring (bicyclic) bond motifs is 3. The zero-order chi connectivity index (χ0) is 23.6. The molecular formula is C24H25N3O5S. The average molecular weight is 468 g/mol. The Labute approximate surface area is 196 Å². The normalized spacial score (nSPS) is 18.6. The SMILES string of the molecule is CC(C)CNC(=O)c1ccccc1NC(=O)COC(=O)C12CCC(=O)N1c1ccccc1S2. The van der Waals surface area contributed by atoms with Gasteiger partial charge in [0.15, 0.2) is 11.5 Å². The third kappa shape index (κ3) is 4.45. The van der Waals surface area contributed by atoms with Gasteiger partial charge in [-0.25, -0.2) is 4.79 Å². The highest BCUT2D eigenvalue weighted by molar-refractivity contribution is 8.02. The summed E-state index contributed by atoms with van der Waals surface area (Å²) in [7, 11) is 0. The van der Waals surface area contributed by atoms with Gasteiger partial charge in [0.05, 0.1) is 16.9 Å². The molecule has 33 heavy (non-hydrogen) atoms. The van der Waals surface area contributed by atoms with Crippen LogP contribution >= 0.6 is 11.8 Å². The third-order valence-corrected chi connectivity index (χ3v) is 6.90. The number of hydrogen-bond donors (Lipinski definition) is 2. The van der Waals surface area contributed by atoms with Gasteiger partial charge in [0.2, 0.25) is 5.91 Å². The molecule has 0 aromatic heterocycles. The van der Waals surface area contributed by atoms with Crippen molar-refractivity contribution >= 4 is 46.8 Å². The van der Waals surface area contributed by atoms with Crippen molar-refractivity contribution in [3.63, 3.8) is 0 Å². The first-order chi connectivity index (χ1) is 15.8. The molecule has 0 bridgehead atoms. The molecule has 0 radical (unpaired) electrons. The largest absolute Gasteiger partial charge is 0.453 e. The number of carbonyl (C=O) groups is 4. The van der Waals surface area contributed by atoms with E-state index in [0.29, 0.717) is 29.9 Å². The molecular weight excluding hydrogens is 442 g/mol. The minimum absolute atomic E-state index is 0.143. The van der Waals surface area contributed by atoms with E-state index in [0.717, 1.165) is 4.90 Å².